The lowest BCUT2D eigenvalue weighted by Crippen LogP contribution is -2.41. The Morgan fingerprint density at radius 3 is 2.31 bits per heavy atom. The molecule has 0 aliphatic rings. The van der Waals surface area contributed by atoms with Crippen LogP contribution in [0.2, 0.25) is 0 Å². The summed E-state index contributed by atoms with van der Waals surface area (Å²) in [5.41, 5.74) is 1.14. The minimum Gasteiger partial charge on any atom is -0.496 e. The number of ether oxygens (including phenoxy) is 1. The second-order valence-corrected chi connectivity index (χ2v) is 3.36. The Morgan fingerprint density at radius 1 is 1.00 bits per heavy atom. The summed E-state index contributed by atoms with van der Waals surface area (Å²) in [7, 11) is 1.64. The molecule has 0 N–H and O–H groups in total. The third-order valence-corrected chi connectivity index (χ3v) is 2.23. The van der Waals surface area contributed by atoms with Gasteiger partial charge in [0.1, 0.15) is 5.75 Å². The van der Waals surface area contributed by atoms with E-state index in [0.29, 0.717) is 6.61 Å². The van der Waals surface area contributed by atoms with Crippen LogP contribution < -0.4 is 14.3 Å². The maximum Gasteiger partial charge on any atom is 0.226 e. The zero-order chi connectivity index (χ0) is 11.2. The van der Waals surface area contributed by atoms with E-state index < -0.39 is 0 Å². The summed E-state index contributed by atoms with van der Waals surface area (Å²) in [4.78, 5) is 5.55. The molecular formula is C13H14NO2+. The molecule has 0 spiro atoms. The molecular weight excluding hydrogens is 202 g/mol. The molecule has 82 valence electrons. The highest BCUT2D eigenvalue weighted by Gasteiger charge is 2.02. The molecule has 0 bridgehead atoms. The monoisotopic (exact) mass is 216 g/mol. The Morgan fingerprint density at radius 2 is 1.69 bits per heavy atom. The number of methoxy groups -OCH3 is 1. The zero-order valence-corrected chi connectivity index (χ0v) is 9.17. The van der Waals surface area contributed by atoms with Crippen LogP contribution in [-0.2, 0) is 6.61 Å². The molecule has 2 aromatic rings. The first-order valence-corrected chi connectivity index (χ1v) is 5.11. The summed E-state index contributed by atoms with van der Waals surface area (Å²) >= 11 is 0. The Hall–Kier alpha value is -2.03. The summed E-state index contributed by atoms with van der Waals surface area (Å²) in [5, 5.41) is 0. The Labute approximate surface area is 94.8 Å². The van der Waals surface area contributed by atoms with Gasteiger partial charge in [-0.2, -0.15) is 0 Å². The van der Waals surface area contributed by atoms with Crippen LogP contribution in [0.3, 0.4) is 0 Å². The minimum absolute atomic E-state index is 0.553. The molecule has 0 fully saturated rings. The summed E-state index contributed by atoms with van der Waals surface area (Å²) in [5.74, 6) is 0.819. The van der Waals surface area contributed by atoms with Gasteiger partial charge in [-0.05, 0) is 5.56 Å². The van der Waals surface area contributed by atoms with Crippen LogP contribution in [0.5, 0.6) is 5.75 Å². The van der Waals surface area contributed by atoms with Crippen molar-refractivity contribution < 1.29 is 14.3 Å². The van der Waals surface area contributed by atoms with Gasteiger partial charge < -0.3 is 4.74 Å². The van der Waals surface area contributed by atoms with E-state index in [1.54, 1.807) is 11.8 Å². The molecule has 0 saturated heterocycles. The molecule has 0 atom stereocenters. The second kappa shape index (κ2) is 5.16. The number of nitrogens with zero attached hydrogens (tertiary/aromatic N) is 1. The molecule has 0 aliphatic heterocycles. The van der Waals surface area contributed by atoms with Gasteiger partial charge in [0.2, 0.25) is 12.4 Å². The average molecular weight is 216 g/mol. The van der Waals surface area contributed by atoms with E-state index in [1.165, 1.54) is 0 Å². The molecule has 0 unspecified atom stereocenters. The van der Waals surface area contributed by atoms with Crippen molar-refractivity contribution in [3.05, 3.63) is 60.4 Å². The van der Waals surface area contributed by atoms with Crippen molar-refractivity contribution in [1.29, 1.82) is 0 Å². The number of hydrogen-bond acceptors (Lipinski definition) is 2. The highest BCUT2D eigenvalue weighted by Crippen LogP contribution is 2.03. The molecule has 0 amide bonds. The van der Waals surface area contributed by atoms with E-state index in [1.807, 2.05) is 54.9 Å². The van der Waals surface area contributed by atoms with Gasteiger partial charge in [0.05, 0.1) is 7.11 Å². The van der Waals surface area contributed by atoms with E-state index >= 15 is 0 Å². The van der Waals surface area contributed by atoms with Crippen molar-refractivity contribution in [2.24, 2.45) is 0 Å². The van der Waals surface area contributed by atoms with Crippen molar-refractivity contribution in [2.45, 2.75) is 6.61 Å². The molecule has 1 aromatic heterocycles. The molecule has 0 aliphatic carbocycles. The Balaban J connectivity index is 1.94. The summed E-state index contributed by atoms with van der Waals surface area (Å²) in [6.45, 7) is 0.553. The Bertz CT molecular complexity index is 425. The minimum atomic E-state index is 0.553. The van der Waals surface area contributed by atoms with E-state index in [9.17, 15) is 0 Å². The number of rotatable bonds is 4. The van der Waals surface area contributed by atoms with Crippen LogP contribution in [0.1, 0.15) is 5.56 Å². The van der Waals surface area contributed by atoms with Crippen LogP contribution >= 0.6 is 0 Å². The molecule has 16 heavy (non-hydrogen) atoms. The van der Waals surface area contributed by atoms with Crippen LogP contribution in [0.4, 0.5) is 0 Å². The molecule has 3 nitrogen and oxygen atoms in total. The van der Waals surface area contributed by atoms with Gasteiger partial charge in [-0.15, -0.1) is 0 Å². The predicted octanol–water partition coefficient (Wildman–Crippen LogP) is 1.61. The highest BCUT2D eigenvalue weighted by molar-refractivity contribution is 5.14. The topological polar surface area (TPSA) is 22.3 Å². The van der Waals surface area contributed by atoms with Crippen molar-refractivity contribution in [3.63, 3.8) is 0 Å². The molecule has 0 radical (unpaired) electrons. The van der Waals surface area contributed by atoms with Gasteiger partial charge in [0.15, 0.2) is 6.61 Å². The fourth-order valence-electron chi connectivity index (χ4n) is 1.34. The second-order valence-electron chi connectivity index (χ2n) is 3.36. The van der Waals surface area contributed by atoms with Crippen molar-refractivity contribution >= 4 is 0 Å². The van der Waals surface area contributed by atoms with E-state index in [4.69, 9.17) is 9.57 Å². The lowest BCUT2D eigenvalue weighted by Gasteiger charge is -2.00. The number of pyridine rings is 1. The lowest BCUT2D eigenvalue weighted by molar-refractivity contribution is -0.895. The lowest BCUT2D eigenvalue weighted by atomic mass is 10.2. The highest BCUT2D eigenvalue weighted by atomic mass is 16.7. The molecule has 3 heteroatoms. The van der Waals surface area contributed by atoms with Gasteiger partial charge in [-0.25, -0.2) is 0 Å². The smallest absolute Gasteiger partial charge is 0.226 e. The van der Waals surface area contributed by atoms with Crippen LogP contribution in [0.15, 0.2) is 54.9 Å². The quantitative estimate of drug-likeness (QED) is 0.724. The first-order valence-electron chi connectivity index (χ1n) is 5.11. The zero-order valence-electron chi connectivity index (χ0n) is 9.17. The van der Waals surface area contributed by atoms with Gasteiger partial charge in [0, 0.05) is 16.9 Å². The third-order valence-electron chi connectivity index (χ3n) is 2.23. The van der Waals surface area contributed by atoms with Gasteiger partial charge in [-0.1, -0.05) is 30.3 Å². The van der Waals surface area contributed by atoms with Crippen molar-refractivity contribution in [2.75, 3.05) is 7.11 Å². The van der Waals surface area contributed by atoms with E-state index in [0.717, 1.165) is 11.3 Å². The fraction of sp³-hybridized carbons (Fsp3) is 0.154. The molecule has 2 rings (SSSR count). The largest absolute Gasteiger partial charge is 0.496 e. The van der Waals surface area contributed by atoms with Gasteiger partial charge >= 0.3 is 0 Å². The van der Waals surface area contributed by atoms with Crippen molar-refractivity contribution in [1.82, 2.24) is 0 Å². The maximum atomic E-state index is 5.55. The molecule has 0 saturated carbocycles. The SMILES string of the molecule is COc1cc[n+](OCc2ccccc2)cc1. The summed E-state index contributed by atoms with van der Waals surface area (Å²) in [6, 6.07) is 13.8. The molecule has 1 aromatic carbocycles. The predicted molar refractivity (Wildman–Crippen MR) is 59.9 cm³/mol. The number of benzene rings is 1. The fourth-order valence-corrected chi connectivity index (χ4v) is 1.34. The number of hydrogen-bond donors (Lipinski definition) is 0. The van der Waals surface area contributed by atoms with Gasteiger partial charge in [0.25, 0.3) is 0 Å². The third kappa shape index (κ3) is 2.73. The molecule has 1 heterocycles. The van der Waals surface area contributed by atoms with Gasteiger partial charge in [-0.3, -0.25) is 4.84 Å². The first kappa shape index (κ1) is 10.5. The normalized spacial score (nSPS) is 9.81. The summed E-state index contributed by atoms with van der Waals surface area (Å²) in [6.07, 6.45) is 3.64. The van der Waals surface area contributed by atoms with Crippen molar-refractivity contribution in [3.8, 4) is 5.75 Å². The standard InChI is InChI=1S/C13H14NO2/c1-15-13-7-9-14(10-8-13)16-11-12-5-3-2-4-6-12/h2-10H,11H2,1H3/q+1. The van der Waals surface area contributed by atoms with Crippen LogP contribution in [0, 0.1) is 0 Å². The maximum absolute atomic E-state index is 5.55. The van der Waals surface area contributed by atoms with Crippen LogP contribution in [0.25, 0.3) is 0 Å². The van der Waals surface area contributed by atoms with E-state index in [-0.39, 0.29) is 0 Å². The average Bonchev–Trinajstić information content (AvgIpc) is 2.38. The summed E-state index contributed by atoms with van der Waals surface area (Å²) < 4.78 is 6.73. The first-order chi connectivity index (χ1) is 7.88. The number of aromatic nitrogens is 1. The Kier molecular flexibility index (Phi) is 3.38. The van der Waals surface area contributed by atoms with Crippen LogP contribution in [-0.4, -0.2) is 7.11 Å². The van der Waals surface area contributed by atoms with E-state index in [2.05, 4.69) is 0 Å².